The maximum atomic E-state index is 13.8. The highest BCUT2D eigenvalue weighted by Gasteiger charge is 3.00. The van der Waals surface area contributed by atoms with Crippen molar-refractivity contribution in [1.29, 1.82) is 0 Å². The molecule has 7 saturated carbocycles. The van der Waals surface area contributed by atoms with Crippen LogP contribution in [0.1, 0.15) is 131 Å². The zero-order valence-corrected chi connectivity index (χ0v) is 41.4. The Kier molecular flexibility index (Phi) is 11.6. The SMILES string of the molecule is C=C1/C(=C\C=C2/CCC[C@@]3(C)C2CCC3[C@@H](C)/C=C/C(OC(=O)CCSSCCC(=O)O[C@@H]2[C@@]3(C(C)C)C[C@H]3[C@@H]3O[C@]34[C@]23O[C@H]3C[C@H]2C3=C(CC[C@@]24C)C(=O)OC3)C2CC2)C[C@@H](O)C[C@@H]1O. The molecule has 2 saturated heterocycles. The Balaban J connectivity index is 0.651. The van der Waals surface area contributed by atoms with E-state index in [0.29, 0.717) is 85.7 Å². The molecule has 10 nitrogen and oxygen atoms in total. The topological polar surface area (TPSA) is 144 Å². The largest absolute Gasteiger partial charge is 0.458 e. The summed E-state index contributed by atoms with van der Waals surface area (Å²) in [6, 6.07) is 0. The lowest BCUT2D eigenvalue weighted by Crippen LogP contribution is -2.67. The van der Waals surface area contributed by atoms with Gasteiger partial charge in [0.2, 0.25) is 0 Å². The molecule has 0 aromatic rings. The second kappa shape index (κ2) is 16.6. The molecule has 11 rings (SSSR count). The van der Waals surface area contributed by atoms with Gasteiger partial charge in [-0.2, -0.15) is 0 Å². The monoisotopic (exact) mass is 944 g/mol. The van der Waals surface area contributed by atoms with Crippen molar-refractivity contribution in [2.24, 2.45) is 57.7 Å². The Bertz CT molecular complexity index is 2180. The van der Waals surface area contributed by atoms with Crippen molar-refractivity contribution in [3.8, 4) is 0 Å². The Morgan fingerprint density at radius 1 is 0.939 bits per heavy atom. The molecule has 2 N–H and O–H groups in total. The number of rotatable bonds is 15. The summed E-state index contributed by atoms with van der Waals surface area (Å²) >= 11 is 0. The zero-order valence-electron chi connectivity index (χ0n) is 39.7. The summed E-state index contributed by atoms with van der Waals surface area (Å²) in [5, 5.41) is 20.6. The van der Waals surface area contributed by atoms with Crippen molar-refractivity contribution in [2.75, 3.05) is 18.1 Å². The third-order valence-corrected chi connectivity index (χ3v) is 22.2. The highest BCUT2D eigenvalue weighted by Crippen LogP contribution is 2.87. The van der Waals surface area contributed by atoms with Gasteiger partial charge in [-0.15, -0.1) is 0 Å². The van der Waals surface area contributed by atoms with Crippen LogP contribution >= 0.6 is 21.6 Å². The fourth-order valence-corrected chi connectivity index (χ4v) is 18.0. The third-order valence-electron chi connectivity index (χ3n) is 19.8. The van der Waals surface area contributed by atoms with Crippen LogP contribution in [0.2, 0.25) is 0 Å². The molecule has 12 heteroatoms. The molecular formula is C54H72O10S2. The number of ether oxygens (including phenoxy) is 5. The average Bonchev–Trinajstić information content (AvgIpc) is 4.12. The summed E-state index contributed by atoms with van der Waals surface area (Å²) in [7, 11) is 3.23. The first-order chi connectivity index (χ1) is 31.6. The van der Waals surface area contributed by atoms with Gasteiger partial charge in [-0.3, -0.25) is 9.59 Å². The smallest absolute Gasteiger partial charge is 0.334 e. The number of cyclic esters (lactones) is 1. The van der Waals surface area contributed by atoms with Crippen LogP contribution in [0.15, 0.2) is 58.7 Å². The van der Waals surface area contributed by atoms with Gasteiger partial charge in [-0.1, -0.05) is 86.6 Å². The number of hydrogen-bond donors (Lipinski definition) is 2. The van der Waals surface area contributed by atoms with Crippen LogP contribution < -0.4 is 0 Å². The van der Waals surface area contributed by atoms with E-state index in [4.69, 9.17) is 23.7 Å². The number of carbonyl (C=O) groups excluding carboxylic acids is 3. The van der Waals surface area contributed by atoms with Crippen molar-refractivity contribution in [1.82, 2.24) is 0 Å². The molecule has 16 atom stereocenters. The van der Waals surface area contributed by atoms with Crippen LogP contribution in [0.4, 0.5) is 0 Å². The van der Waals surface area contributed by atoms with E-state index in [9.17, 15) is 24.6 Å². The Morgan fingerprint density at radius 3 is 2.47 bits per heavy atom. The number of fused-ring (bicyclic) bond motifs is 5. The summed E-state index contributed by atoms with van der Waals surface area (Å²) < 4.78 is 32.1. The number of hydrogen-bond acceptors (Lipinski definition) is 12. The van der Waals surface area contributed by atoms with Gasteiger partial charge < -0.3 is 33.9 Å². The number of carbonyl (C=O) groups is 3. The van der Waals surface area contributed by atoms with Gasteiger partial charge in [0.25, 0.3) is 0 Å². The van der Waals surface area contributed by atoms with Crippen molar-refractivity contribution in [3.63, 3.8) is 0 Å². The van der Waals surface area contributed by atoms with Crippen molar-refractivity contribution >= 4 is 39.5 Å². The molecule has 0 aromatic heterocycles. The molecule has 360 valence electrons. The number of allylic oxidation sites excluding steroid dienone is 4. The first-order valence-corrected chi connectivity index (χ1v) is 28.1. The number of aliphatic hydroxyl groups excluding tert-OH is 2. The van der Waals surface area contributed by atoms with Crippen LogP contribution in [-0.4, -0.2) is 94.1 Å². The van der Waals surface area contributed by atoms with Crippen LogP contribution in [-0.2, 0) is 38.1 Å². The number of epoxide rings is 2. The maximum absolute atomic E-state index is 13.8. The van der Waals surface area contributed by atoms with E-state index in [2.05, 4.69) is 65.5 Å². The van der Waals surface area contributed by atoms with Crippen LogP contribution in [0.5, 0.6) is 0 Å². The van der Waals surface area contributed by atoms with Crippen LogP contribution in [0, 0.1) is 57.7 Å². The van der Waals surface area contributed by atoms with E-state index in [1.54, 1.807) is 21.6 Å². The average molecular weight is 945 g/mol. The molecule has 0 aromatic carbocycles. The molecule has 8 aliphatic carbocycles. The molecule has 0 amide bonds. The first-order valence-electron chi connectivity index (χ1n) is 25.6. The number of esters is 3. The lowest BCUT2D eigenvalue weighted by atomic mass is 9.46. The predicted molar refractivity (Wildman–Crippen MR) is 254 cm³/mol. The molecule has 9 fully saturated rings. The highest BCUT2D eigenvalue weighted by atomic mass is 33.1. The van der Waals surface area contributed by atoms with Gasteiger partial charge in [0.05, 0.1) is 37.3 Å². The van der Waals surface area contributed by atoms with Gasteiger partial charge in [0.1, 0.15) is 24.4 Å². The second-order valence-electron chi connectivity index (χ2n) is 23.3. The summed E-state index contributed by atoms with van der Waals surface area (Å²) in [5.41, 5.74) is 3.93. The molecule has 0 bridgehead atoms. The summed E-state index contributed by atoms with van der Waals surface area (Å²) in [6.45, 7) is 16.2. The second-order valence-corrected chi connectivity index (χ2v) is 26.0. The lowest BCUT2D eigenvalue weighted by Gasteiger charge is -2.54. The lowest BCUT2D eigenvalue weighted by molar-refractivity contribution is -0.171. The van der Waals surface area contributed by atoms with Gasteiger partial charge in [-0.05, 0) is 147 Å². The van der Waals surface area contributed by atoms with E-state index in [0.717, 1.165) is 60.8 Å². The molecule has 11 aliphatic rings. The molecule has 0 radical (unpaired) electrons. The Labute approximate surface area is 399 Å². The standard InChI is InChI=1S/C54H72O10S2/c1-29(2)52-27-41(52)47-54(64-47)51(6)21-17-36-37(28-60-48(36)59)40(51)26-44-53(54,63-44)49(52)62-46(58)19-23-66-65-22-18-45(57)61-43(33-11-12-33)16-9-30(3)38-14-15-39-32(8-7-20-50(38,39)5)10-13-34-24-35(55)25-42(56)31(34)4/h9-10,13,16,29-30,33,35,38-44,47,49,55-56H,4,7-8,11-12,14-15,17-28H2,1-3,5-6H3/b16-9+,32-10+,34-13-/t30-,35+,38?,39?,40-,41-,42-,43?,44-,47-,49+,50+,51-,52+,53+,54+/m0/s1. The fourth-order valence-electron chi connectivity index (χ4n) is 16.0. The van der Waals surface area contributed by atoms with Crippen molar-refractivity contribution in [3.05, 3.63) is 58.7 Å². The summed E-state index contributed by atoms with van der Waals surface area (Å²) in [6.07, 6.45) is 20.1. The predicted octanol–water partition coefficient (Wildman–Crippen LogP) is 9.34. The minimum absolute atomic E-state index is 0.0650. The molecular weight excluding hydrogens is 873 g/mol. The van der Waals surface area contributed by atoms with Gasteiger partial charge in [0, 0.05) is 34.3 Å². The van der Waals surface area contributed by atoms with Gasteiger partial charge >= 0.3 is 17.9 Å². The molecule has 3 unspecified atom stereocenters. The van der Waals surface area contributed by atoms with Crippen LogP contribution in [0.3, 0.4) is 0 Å². The van der Waals surface area contributed by atoms with E-state index < -0.39 is 23.4 Å². The quantitative estimate of drug-likeness (QED) is 0.0403. The van der Waals surface area contributed by atoms with Crippen molar-refractivity contribution < 1.29 is 48.3 Å². The highest BCUT2D eigenvalue weighted by molar-refractivity contribution is 8.76. The molecule has 3 aliphatic heterocycles. The molecule has 2 spiro atoms. The number of aliphatic hydroxyl groups is 2. The normalized spacial score (nSPS) is 45.8. The zero-order chi connectivity index (χ0) is 46.1. The minimum atomic E-state index is -0.670. The molecule has 3 heterocycles. The molecule has 66 heavy (non-hydrogen) atoms. The van der Waals surface area contributed by atoms with Gasteiger partial charge in [0.15, 0.2) is 5.60 Å². The fraction of sp³-hybridized carbons (Fsp3) is 0.759. The third kappa shape index (κ3) is 7.03. The van der Waals surface area contributed by atoms with Crippen molar-refractivity contribution in [2.45, 2.75) is 179 Å². The summed E-state index contributed by atoms with van der Waals surface area (Å²) in [4.78, 5) is 39.5. The van der Waals surface area contributed by atoms with E-state index in [1.165, 1.54) is 31.3 Å². The van der Waals surface area contributed by atoms with E-state index >= 15 is 0 Å². The maximum Gasteiger partial charge on any atom is 0.334 e. The van der Waals surface area contributed by atoms with E-state index in [1.807, 2.05) is 0 Å². The minimum Gasteiger partial charge on any atom is -0.458 e. The Morgan fingerprint density at radius 2 is 1.71 bits per heavy atom. The Hall–Kier alpha value is -2.35. The summed E-state index contributed by atoms with van der Waals surface area (Å²) in [5.74, 6) is 3.38. The van der Waals surface area contributed by atoms with E-state index in [-0.39, 0.29) is 64.5 Å². The first kappa shape index (κ1) is 46.1. The van der Waals surface area contributed by atoms with Gasteiger partial charge in [-0.25, -0.2) is 4.79 Å². The van der Waals surface area contributed by atoms with Crippen LogP contribution in [0.25, 0.3) is 0 Å².